The Balaban J connectivity index is 1.34. The van der Waals surface area contributed by atoms with Crippen molar-refractivity contribution < 1.29 is 9.64 Å². The minimum absolute atomic E-state index is 0.329. The van der Waals surface area contributed by atoms with E-state index in [-0.39, 0.29) is 0 Å². The van der Waals surface area contributed by atoms with Crippen molar-refractivity contribution in [2.45, 2.75) is 44.4 Å². The van der Waals surface area contributed by atoms with Crippen LogP contribution in [0.15, 0.2) is 24.3 Å². The Morgan fingerprint density at radius 2 is 1.96 bits per heavy atom. The molecule has 2 aliphatic heterocycles. The number of hydrogen-bond acceptors (Lipinski definition) is 2. The summed E-state index contributed by atoms with van der Waals surface area (Å²) in [6.07, 6.45) is 4.95. The Labute approximate surface area is 154 Å². The van der Waals surface area contributed by atoms with Gasteiger partial charge in [0.1, 0.15) is 6.54 Å². The van der Waals surface area contributed by atoms with E-state index in [1.165, 1.54) is 25.1 Å². The molecule has 1 atom stereocenters. The third kappa shape index (κ3) is 5.59. The van der Waals surface area contributed by atoms with Crippen LogP contribution in [-0.4, -0.2) is 43.5 Å². The molecule has 0 radical (unpaired) electrons. The van der Waals surface area contributed by atoms with Crippen LogP contribution < -0.4 is 15.5 Å². The fourth-order valence-corrected chi connectivity index (χ4v) is 3.86. The quantitative estimate of drug-likeness (QED) is 0.689. The van der Waals surface area contributed by atoms with Gasteiger partial charge in [-0.1, -0.05) is 23.7 Å². The molecule has 0 unspecified atom stereocenters. The second-order valence-electron chi connectivity index (χ2n) is 6.82. The van der Waals surface area contributed by atoms with Crippen molar-refractivity contribution in [3.05, 3.63) is 34.9 Å². The summed E-state index contributed by atoms with van der Waals surface area (Å²) >= 11 is 11.4. The van der Waals surface area contributed by atoms with Crippen molar-refractivity contribution in [2.75, 3.05) is 26.2 Å². The third-order valence-electron chi connectivity index (χ3n) is 4.91. The highest BCUT2D eigenvalue weighted by atomic mass is 35.5. The normalized spacial score (nSPS) is 27.0. The summed E-state index contributed by atoms with van der Waals surface area (Å²) in [6.45, 7) is 5.14. The minimum Gasteiger partial charge on any atom is -0.376 e. The standard InChI is InChI=1S/C18H26ClN3OS/c19-15-5-3-14(4-6-15)13-22-9-7-16(8-10-22)21-18(24)20-12-17-2-1-11-23-17/h3-6,16-17H,1-2,7-13H2,(H2,20,21,24)/p+1/t17-/m1/s1. The lowest BCUT2D eigenvalue weighted by atomic mass is 10.0. The average Bonchev–Trinajstić information content (AvgIpc) is 3.10. The SMILES string of the molecule is S=C(NC[C@H]1CCCO1)NC1CC[NH+](Cc2ccc(Cl)cc2)CC1. The Kier molecular flexibility index (Phi) is 6.72. The Morgan fingerprint density at radius 3 is 2.62 bits per heavy atom. The molecule has 0 bridgehead atoms. The zero-order valence-electron chi connectivity index (χ0n) is 14.0. The molecule has 0 saturated carbocycles. The molecule has 0 spiro atoms. The lowest BCUT2D eigenvalue weighted by Gasteiger charge is -2.30. The topological polar surface area (TPSA) is 37.7 Å². The molecule has 0 aliphatic carbocycles. The molecule has 1 aromatic carbocycles. The highest BCUT2D eigenvalue weighted by Crippen LogP contribution is 2.11. The molecule has 0 aromatic heterocycles. The van der Waals surface area contributed by atoms with Crippen molar-refractivity contribution in [3.63, 3.8) is 0 Å². The summed E-state index contributed by atoms with van der Waals surface area (Å²) in [5, 5.41) is 8.35. The molecule has 2 heterocycles. The fraction of sp³-hybridized carbons (Fsp3) is 0.611. The highest BCUT2D eigenvalue weighted by Gasteiger charge is 2.23. The van der Waals surface area contributed by atoms with Crippen molar-refractivity contribution >= 4 is 28.9 Å². The summed E-state index contributed by atoms with van der Waals surface area (Å²) in [7, 11) is 0. The molecule has 1 aromatic rings. The van der Waals surface area contributed by atoms with Gasteiger partial charge in [-0.3, -0.25) is 0 Å². The van der Waals surface area contributed by atoms with Gasteiger partial charge in [0.2, 0.25) is 0 Å². The van der Waals surface area contributed by atoms with Crippen LogP contribution in [0.1, 0.15) is 31.2 Å². The number of thiocarbonyl (C=S) groups is 1. The molecule has 4 nitrogen and oxygen atoms in total. The largest absolute Gasteiger partial charge is 0.376 e. The summed E-state index contributed by atoms with van der Waals surface area (Å²) < 4.78 is 5.61. The summed E-state index contributed by atoms with van der Waals surface area (Å²) in [5.41, 5.74) is 1.36. The first kappa shape index (κ1) is 17.9. The van der Waals surface area contributed by atoms with E-state index in [1.807, 2.05) is 12.1 Å². The molecule has 3 N–H and O–H groups in total. The molecule has 2 aliphatic rings. The molecular weight excluding hydrogens is 342 g/mol. The number of halogens is 1. The van der Waals surface area contributed by atoms with E-state index < -0.39 is 0 Å². The molecule has 132 valence electrons. The van der Waals surface area contributed by atoms with Gasteiger partial charge in [0.05, 0.1) is 19.2 Å². The predicted molar refractivity (Wildman–Crippen MR) is 102 cm³/mol. The first-order chi connectivity index (χ1) is 11.7. The van der Waals surface area contributed by atoms with Gasteiger partial charge in [-0.15, -0.1) is 0 Å². The van der Waals surface area contributed by atoms with Gasteiger partial charge in [-0.2, -0.15) is 0 Å². The summed E-state index contributed by atoms with van der Waals surface area (Å²) in [4.78, 5) is 1.63. The first-order valence-electron chi connectivity index (χ1n) is 8.93. The molecule has 24 heavy (non-hydrogen) atoms. The Morgan fingerprint density at radius 1 is 1.21 bits per heavy atom. The molecule has 2 fully saturated rings. The second-order valence-corrected chi connectivity index (χ2v) is 7.66. The van der Waals surface area contributed by atoms with Crippen LogP contribution >= 0.6 is 23.8 Å². The summed E-state index contributed by atoms with van der Waals surface area (Å²) in [6, 6.07) is 8.70. The number of nitrogens with one attached hydrogen (secondary N) is 3. The molecule has 2 saturated heterocycles. The van der Waals surface area contributed by atoms with Crippen LogP contribution in [0.5, 0.6) is 0 Å². The van der Waals surface area contributed by atoms with E-state index in [0.29, 0.717) is 12.1 Å². The molecule has 6 heteroatoms. The van der Waals surface area contributed by atoms with E-state index in [0.717, 1.165) is 49.1 Å². The Hall–Kier alpha value is -0.880. The summed E-state index contributed by atoms with van der Waals surface area (Å²) in [5.74, 6) is 0. The van der Waals surface area contributed by atoms with Crippen LogP contribution in [0.4, 0.5) is 0 Å². The van der Waals surface area contributed by atoms with Crippen molar-refractivity contribution in [1.29, 1.82) is 0 Å². The number of likely N-dealkylation sites (tertiary alicyclic amines) is 1. The van der Waals surface area contributed by atoms with Gasteiger partial charge < -0.3 is 20.3 Å². The van der Waals surface area contributed by atoms with Crippen molar-refractivity contribution in [1.82, 2.24) is 10.6 Å². The van der Waals surface area contributed by atoms with E-state index >= 15 is 0 Å². The maximum Gasteiger partial charge on any atom is 0.166 e. The third-order valence-corrected chi connectivity index (χ3v) is 5.42. The zero-order valence-corrected chi connectivity index (χ0v) is 15.6. The van der Waals surface area contributed by atoms with Gasteiger partial charge in [0, 0.05) is 42.6 Å². The predicted octanol–water partition coefficient (Wildman–Crippen LogP) is 1.53. The number of piperidine rings is 1. The number of benzene rings is 1. The van der Waals surface area contributed by atoms with Gasteiger partial charge in [-0.05, 0) is 37.2 Å². The maximum absolute atomic E-state index is 5.95. The van der Waals surface area contributed by atoms with Crippen LogP contribution in [-0.2, 0) is 11.3 Å². The van der Waals surface area contributed by atoms with Crippen molar-refractivity contribution in [2.24, 2.45) is 0 Å². The van der Waals surface area contributed by atoms with Crippen LogP contribution in [0, 0.1) is 0 Å². The monoisotopic (exact) mass is 368 g/mol. The van der Waals surface area contributed by atoms with E-state index in [9.17, 15) is 0 Å². The van der Waals surface area contributed by atoms with Gasteiger partial charge >= 0.3 is 0 Å². The maximum atomic E-state index is 5.95. The van der Waals surface area contributed by atoms with Gasteiger partial charge in [-0.25, -0.2) is 0 Å². The molecule has 3 rings (SSSR count). The van der Waals surface area contributed by atoms with Gasteiger partial charge in [0.25, 0.3) is 0 Å². The van der Waals surface area contributed by atoms with Crippen molar-refractivity contribution in [3.8, 4) is 0 Å². The van der Waals surface area contributed by atoms with Crippen LogP contribution in [0.2, 0.25) is 5.02 Å². The Bertz CT molecular complexity index is 526. The number of ether oxygens (including phenoxy) is 1. The number of hydrogen-bond donors (Lipinski definition) is 3. The van der Waals surface area contributed by atoms with Crippen LogP contribution in [0.3, 0.4) is 0 Å². The average molecular weight is 369 g/mol. The lowest BCUT2D eigenvalue weighted by molar-refractivity contribution is -0.918. The second kappa shape index (κ2) is 8.99. The zero-order chi connectivity index (χ0) is 16.8. The van der Waals surface area contributed by atoms with E-state index in [2.05, 4.69) is 22.8 Å². The lowest BCUT2D eigenvalue weighted by Crippen LogP contribution is -3.12. The number of rotatable bonds is 5. The minimum atomic E-state index is 0.329. The smallest absolute Gasteiger partial charge is 0.166 e. The van der Waals surface area contributed by atoms with Gasteiger partial charge in [0.15, 0.2) is 5.11 Å². The van der Waals surface area contributed by atoms with E-state index in [4.69, 9.17) is 28.6 Å². The molecule has 0 amide bonds. The molecular formula is C18H27ClN3OS+. The fourth-order valence-electron chi connectivity index (χ4n) is 3.49. The first-order valence-corrected chi connectivity index (χ1v) is 9.71. The number of quaternary nitrogens is 1. The van der Waals surface area contributed by atoms with E-state index in [1.54, 1.807) is 4.90 Å². The van der Waals surface area contributed by atoms with Crippen LogP contribution in [0.25, 0.3) is 0 Å². The highest BCUT2D eigenvalue weighted by molar-refractivity contribution is 7.80.